The molecule has 1 heterocycles. The first-order valence-electron chi connectivity index (χ1n) is 11.4. The summed E-state index contributed by atoms with van der Waals surface area (Å²) in [5, 5.41) is 7.03. The van der Waals surface area contributed by atoms with Crippen molar-refractivity contribution in [2.75, 3.05) is 52.9 Å². The van der Waals surface area contributed by atoms with Crippen molar-refractivity contribution in [3.05, 3.63) is 0 Å². The number of rotatable bonds is 12. The molecule has 3 atom stereocenters. The molecule has 1 aliphatic rings. The van der Waals surface area contributed by atoms with Gasteiger partial charge in [0.25, 0.3) is 0 Å². The third kappa shape index (κ3) is 12.5. The molecule has 5 nitrogen and oxygen atoms in total. The number of nitrogens with zero attached hydrogens (tertiary/aromatic N) is 3. The van der Waals surface area contributed by atoms with E-state index in [-0.39, 0.29) is 24.0 Å². The standard InChI is InChI=1S/C22H47N5.HI/c1-7-26(8-2)15-11-12-21(5)25-22(23-6)24-13-9-10-14-27-17-19(3)16-20(4)18-27;/h19-21H,7-18H2,1-6H3,(H2,23,24,25);1H. The summed E-state index contributed by atoms with van der Waals surface area (Å²) in [6.45, 7) is 19.8. The maximum Gasteiger partial charge on any atom is 0.191 e. The van der Waals surface area contributed by atoms with E-state index < -0.39 is 0 Å². The second-order valence-electron chi connectivity index (χ2n) is 8.63. The molecule has 168 valence electrons. The van der Waals surface area contributed by atoms with Crippen LogP contribution in [0, 0.1) is 11.8 Å². The van der Waals surface area contributed by atoms with Gasteiger partial charge in [0, 0.05) is 32.7 Å². The number of aliphatic imine (C=N–C) groups is 1. The summed E-state index contributed by atoms with van der Waals surface area (Å²) >= 11 is 0. The van der Waals surface area contributed by atoms with Gasteiger partial charge in [-0.3, -0.25) is 4.99 Å². The van der Waals surface area contributed by atoms with E-state index in [1.807, 2.05) is 7.05 Å². The van der Waals surface area contributed by atoms with Gasteiger partial charge in [-0.25, -0.2) is 0 Å². The Kier molecular flexibility index (Phi) is 16.6. The number of piperidine rings is 1. The minimum Gasteiger partial charge on any atom is -0.356 e. The molecule has 0 saturated carbocycles. The normalized spacial score (nSPS) is 22.0. The summed E-state index contributed by atoms with van der Waals surface area (Å²) in [4.78, 5) is 9.53. The number of likely N-dealkylation sites (tertiary alicyclic amines) is 1. The summed E-state index contributed by atoms with van der Waals surface area (Å²) in [6.07, 6.45) is 6.29. The van der Waals surface area contributed by atoms with Crippen LogP contribution in [0.15, 0.2) is 4.99 Å². The molecule has 3 unspecified atom stereocenters. The smallest absolute Gasteiger partial charge is 0.191 e. The van der Waals surface area contributed by atoms with E-state index in [4.69, 9.17) is 0 Å². The fourth-order valence-corrected chi connectivity index (χ4v) is 4.30. The average Bonchev–Trinajstić information content (AvgIpc) is 2.63. The van der Waals surface area contributed by atoms with E-state index in [0.29, 0.717) is 6.04 Å². The predicted molar refractivity (Wildman–Crippen MR) is 135 cm³/mol. The van der Waals surface area contributed by atoms with Gasteiger partial charge >= 0.3 is 0 Å². The minimum atomic E-state index is 0. The molecular formula is C22H48IN5. The largest absolute Gasteiger partial charge is 0.356 e. The highest BCUT2D eigenvalue weighted by atomic mass is 127. The van der Waals surface area contributed by atoms with Crippen molar-refractivity contribution in [2.24, 2.45) is 16.8 Å². The van der Waals surface area contributed by atoms with Crippen molar-refractivity contribution in [3.8, 4) is 0 Å². The van der Waals surface area contributed by atoms with Crippen LogP contribution in [0.5, 0.6) is 0 Å². The molecule has 1 rings (SSSR count). The summed E-state index contributed by atoms with van der Waals surface area (Å²) in [5.41, 5.74) is 0. The number of guanidine groups is 1. The number of halogens is 1. The quantitative estimate of drug-likeness (QED) is 0.180. The highest BCUT2D eigenvalue weighted by molar-refractivity contribution is 14.0. The lowest BCUT2D eigenvalue weighted by Crippen LogP contribution is -2.43. The van der Waals surface area contributed by atoms with Crippen LogP contribution in [0.1, 0.15) is 66.7 Å². The van der Waals surface area contributed by atoms with Gasteiger partial charge < -0.3 is 20.4 Å². The molecule has 0 aromatic heterocycles. The van der Waals surface area contributed by atoms with Crippen LogP contribution in [-0.2, 0) is 0 Å². The highest BCUT2D eigenvalue weighted by Gasteiger charge is 2.20. The summed E-state index contributed by atoms with van der Waals surface area (Å²) < 4.78 is 0. The third-order valence-corrected chi connectivity index (χ3v) is 5.75. The van der Waals surface area contributed by atoms with E-state index in [1.54, 1.807) is 0 Å². The van der Waals surface area contributed by atoms with Gasteiger partial charge in [-0.2, -0.15) is 0 Å². The van der Waals surface area contributed by atoms with E-state index in [2.05, 4.69) is 60.0 Å². The Hall–Kier alpha value is -0.0800. The third-order valence-electron chi connectivity index (χ3n) is 5.75. The average molecular weight is 510 g/mol. The number of hydrogen-bond acceptors (Lipinski definition) is 3. The van der Waals surface area contributed by atoms with E-state index in [9.17, 15) is 0 Å². The van der Waals surface area contributed by atoms with Crippen LogP contribution in [0.4, 0.5) is 0 Å². The van der Waals surface area contributed by atoms with Crippen molar-refractivity contribution in [3.63, 3.8) is 0 Å². The van der Waals surface area contributed by atoms with Crippen LogP contribution < -0.4 is 10.6 Å². The van der Waals surface area contributed by atoms with E-state index in [1.165, 1.54) is 58.3 Å². The molecule has 0 aromatic rings. The summed E-state index contributed by atoms with van der Waals surface area (Å²) in [5.74, 6) is 2.67. The molecule has 0 spiro atoms. The van der Waals surface area contributed by atoms with Crippen LogP contribution >= 0.6 is 24.0 Å². The van der Waals surface area contributed by atoms with Crippen molar-refractivity contribution in [1.29, 1.82) is 0 Å². The second kappa shape index (κ2) is 16.7. The predicted octanol–water partition coefficient (Wildman–Crippen LogP) is 4.04. The van der Waals surface area contributed by atoms with Crippen molar-refractivity contribution < 1.29 is 0 Å². The highest BCUT2D eigenvalue weighted by Crippen LogP contribution is 2.20. The monoisotopic (exact) mass is 509 g/mol. The molecule has 1 fully saturated rings. The molecule has 0 radical (unpaired) electrons. The van der Waals surface area contributed by atoms with E-state index in [0.717, 1.165) is 37.4 Å². The fraction of sp³-hybridized carbons (Fsp3) is 0.955. The van der Waals surface area contributed by atoms with Crippen molar-refractivity contribution in [1.82, 2.24) is 20.4 Å². The topological polar surface area (TPSA) is 42.9 Å². The van der Waals surface area contributed by atoms with Gasteiger partial charge in [-0.05, 0) is 77.0 Å². The molecule has 0 amide bonds. The fourth-order valence-electron chi connectivity index (χ4n) is 4.30. The molecule has 1 aliphatic heterocycles. The second-order valence-corrected chi connectivity index (χ2v) is 8.63. The molecule has 2 N–H and O–H groups in total. The molecule has 6 heteroatoms. The first kappa shape index (κ1) is 27.9. The van der Waals surface area contributed by atoms with Gasteiger partial charge in [0.15, 0.2) is 5.96 Å². The Bertz CT molecular complexity index is 390. The lowest BCUT2D eigenvalue weighted by molar-refractivity contribution is 0.139. The maximum absolute atomic E-state index is 4.38. The lowest BCUT2D eigenvalue weighted by atomic mass is 9.92. The number of nitrogens with one attached hydrogen (secondary N) is 2. The molecule has 1 saturated heterocycles. The molecule has 0 aliphatic carbocycles. The van der Waals surface area contributed by atoms with Gasteiger partial charge in [-0.15, -0.1) is 24.0 Å². The van der Waals surface area contributed by atoms with Crippen molar-refractivity contribution in [2.45, 2.75) is 72.8 Å². The Morgan fingerprint density at radius 3 is 2.32 bits per heavy atom. The van der Waals surface area contributed by atoms with Gasteiger partial charge in [-0.1, -0.05) is 27.7 Å². The summed E-state index contributed by atoms with van der Waals surface area (Å²) in [6, 6.07) is 0.461. The van der Waals surface area contributed by atoms with Crippen LogP contribution in [0.3, 0.4) is 0 Å². The maximum atomic E-state index is 4.38. The Morgan fingerprint density at radius 1 is 1.11 bits per heavy atom. The number of hydrogen-bond donors (Lipinski definition) is 2. The van der Waals surface area contributed by atoms with Gasteiger partial charge in [0.1, 0.15) is 0 Å². The van der Waals surface area contributed by atoms with Gasteiger partial charge in [0.05, 0.1) is 0 Å². The van der Waals surface area contributed by atoms with Crippen LogP contribution in [0.2, 0.25) is 0 Å². The van der Waals surface area contributed by atoms with Crippen LogP contribution in [-0.4, -0.2) is 74.7 Å². The van der Waals surface area contributed by atoms with Crippen LogP contribution in [0.25, 0.3) is 0 Å². The Morgan fingerprint density at radius 2 is 1.75 bits per heavy atom. The molecule has 28 heavy (non-hydrogen) atoms. The molecular weight excluding hydrogens is 461 g/mol. The lowest BCUT2D eigenvalue weighted by Gasteiger charge is -2.34. The first-order chi connectivity index (χ1) is 13.0. The Balaban J connectivity index is 0.00000729. The molecule has 0 bridgehead atoms. The van der Waals surface area contributed by atoms with Crippen molar-refractivity contribution >= 4 is 29.9 Å². The zero-order valence-corrected chi connectivity index (χ0v) is 21.8. The Labute approximate surface area is 192 Å². The number of unbranched alkanes of at least 4 members (excludes halogenated alkanes) is 1. The zero-order valence-electron chi connectivity index (χ0n) is 19.5. The van der Waals surface area contributed by atoms with Gasteiger partial charge in [0.2, 0.25) is 0 Å². The molecule has 0 aromatic carbocycles. The minimum absolute atomic E-state index is 0. The zero-order chi connectivity index (χ0) is 20.1. The SMILES string of the molecule is CCN(CC)CCCC(C)NC(=NC)NCCCCN1CC(C)CC(C)C1.I. The van der Waals surface area contributed by atoms with E-state index >= 15 is 0 Å². The summed E-state index contributed by atoms with van der Waals surface area (Å²) in [7, 11) is 1.87. The first-order valence-corrected chi connectivity index (χ1v) is 11.4.